The van der Waals surface area contributed by atoms with Crippen LogP contribution in [0.1, 0.15) is 27.7 Å². The van der Waals surface area contributed by atoms with Crippen LogP contribution in [0.25, 0.3) is 0 Å². The number of rotatable bonds is 6. The molecular weight excluding hydrogens is 352 g/mol. The van der Waals surface area contributed by atoms with E-state index < -0.39 is 16.2 Å². The Labute approximate surface area is 156 Å². The second-order valence-electron chi connectivity index (χ2n) is 7.00. The Morgan fingerprint density at radius 1 is 0.962 bits per heavy atom. The van der Waals surface area contributed by atoms with Gasteiger partial charge in [0.25, 0.3) is 0 Å². The molecule has 0 fully saturated rings. The molecular formula is C20H28O5S. The van der Waals surface area contributed by atoms with Gasteiger partial charge in [-0.3, -0.25) is 0 Å². The first-order valence-corrected chi connectivity index (χ1v) is 9.84. The highest BCUT2D eigenvalue weighted by Gasteiger charge is 2.28. The molecule has 2 aromatic carbocycles. The van der Waals surface area contributed by atoms with Crippen molar-refractivity contribution in [3.05, 3.63) is 60.7 Å². The third kappa shape index (κ3) is 6.78. The summed E-state index contributed by atoms with van der Waals surface area (Å²) >= 11 is 0. The van der Waals surface area contributed by atoms with Crippen LogP contribution in [0.3, 0.4) is 0 Å². The van der Waals surface area contributed by atoms with Crippen molar-refractivity contribution < 1.29 is 22.8 Å². The van der Waals surface area contributed by atoms with Crippen LogP contribution >= 0.6 is 0 Å². The van der Waals surface area contributed by atoms with E-state index in [2.05, 4.69) is 0 Å². The summed E-state index contributed by atoms with van der Waals surface area (Å²) in [7, 11) is -3.71. The molecule has 0 aliphatic heterocycles. The van der Waals surface area contributed by atoms with E-state index in [9.17, 15) is 13.5 Å². The fourth-order valence-corrected chi connectivity index (χ4v) is 3.19. The van der Waals surface area contributed by atoms with Crippen molar-refractivity contribution in [2.24, 2.45) is 11.3 Å². The van der Waals surface area contributed by atoms with E-state index in [4.69, 9.17) is 9.29 Å². The van der Waals surface area contributed by atoms with Gasteiger partial charge in [-0.25, -0.2) is 0 Å². The van der Waals surface area contributed by atoms with Gasteiger partial charge in [-0.05, 0) is 30.2 Å². The van der Waals surface area contributed by atoms with Gasteiger partial charge in [0.05, 0.1) is 12.7 Å². The van der Waals surface area contributed by atoms with Gasteiger partial charge in [0.2, 0.25) is 0 Å². The molecule has 0 radical (unpaired) electrons. The van der Waals surface area contributed by atoms with Gasteiger partial charge < -0.3 is 14.4 Å². The maximum atomic E-state index is 11.8. The molecule has 2 rings (SSSR count). The zero-order chi connectivity index (χ0) is 19.8. The lowest BCUT2D eigenvalue weighted by Crippen LogP contribution is -2.36. The molecule has 0 aliphatic carbocycles. The SMILES string of the molecule is CC(C)C(O)C(C)(C)CO.O=S(=O)(Oc1ccccc1)c1ccccc1. The number of para-hydroxylation sites is 1. The van der Waals surface area contributed by atoms with Crippen LogP contribution in [0.5, 0.6) is 5.75 Å². The summed E-state index contributed by atoms with van der Waals surface area (Å²) in [6.45, 7) is 7.64. The lowest BCUT2D eigenvalue weighted by atomic mass is 9.82. The lowest BCUT2D eigenvalue weighted by Gasteiger charge is -2.30. The van der Waals surface area contributed by atoms with E-state index in [-0.39, 0.29) is 22.8 Å². The molecule has 144 valence electrons. The van der Waals surface area contributed by atoms with Crippen LogP contribution in [0.15, 0.2) is 65.6 Å². The first-order valence-electron chi connectivity index (χ1n) is 8.43. The van der Waals surface area contributed by atoms with Gasteiger partial charge in [0.15, 0.2) is 0 Å². The van der Waals surface area contributed by atoms with Crippen LogP contribution in [0.4, 0.5) is 0 Å². The number of hydrogen-bond donors (Lipinski definition) is 2. The van der Waals surface area contributed by atoms with E-state index in [1.54, 1.807) is 48.5 Å². The van der Waals surface area contributed by atoms with Crippen molar-refractivity contribution in [1.29, 1.82) is 0 Å². The van der Waals surface area contributed by atoms with Crippen LogP contribution in [0.2, 0.25) is 0 Å². The highest BCUT2D eigenvalue weighted by molar-refractivity contribution is 7.87. The number of aliphatic hydroxyl groups excluding tert-OH is 2. The first kappa shape index (κ1) is 22.2. The molecule has 0 heterocycles. The Bertz CT molecular complexity index is 740. The minimum absolute atomic E-state index is 0.0341. The molecule has 0 saturated heterocycles. The van der Waals surface area contributed by atoms with Crippen LogP contribution < -0.4 is 4.18 Å². The molecule has 2 N–H and O–H groups in total. The van der Waals surface area contributed by atoms with Gasteiger partial charge in [-0.1, -0.05) is 64.1 Å². The zero-order valence-electron chi connectivity index (χ0n) is 15.7. The predicted octanol–water partition coefficient (Wildman–Crippen LogP) is 3.48. The second-order valence-corrected chi connectivity index (χ2v) is 8.55. The largest absolute Gasteiger partial charge is 0.396 e. The molecule has 2 aromatic rings. The van der Waals surface area contributed by atoms with Crippen molar-refractivity contribution in [2.45, 2.75) is 38.7 Å². The summed E-state index contributed by atoms with van der Waals surface area (Å²) in [4.78, 5) is 0.152. The molecule has 26 heavy (non-hydrogen) atoms. The van der Waals surface area contributed by atoms with Crippen molar-refractivity contribution >= 4 is 10.1 Å². The summed E-state index contributed by atoms with van der Waals surface area (Å²) in [5.74, 6) is 0.522. The summed E-state index contributed by atoms with van der Waals surface area (Å²) in [5.41, 5.74) is -0.367. The van der Waals surface area contributed by atoms with Gasteiger partial charge in [-0.15, -0.1) is 0 Å². The average Bonchev–Trinajstić information content (AvgIpc) is 2.62. The first-order chi connectivity index (χ1) is 12.1. The third-order valence-electron chi connectivity index (χ3n) is 3.82. The third-order valence-corrected chi connectivity index (χ3v) is 5.08. The number of benzene rings is 2. The van der Waals surface area contributed by atoms with Crippen molar-refractivity contribution in [2.75, 3.05) is 6.61 Å². The molecule has 0 aromatic heterocycles. The lowest BCUT2D eigenvalue weighted by molar-refractivity contribution is -0.0204. The van der Waals surface area contributed by atoms with Gasteiger partial charge in [-0.2, -0.15) is 8.42 Å². The Morgan fingerprint density at radius 3 is 1.81 bits per heavy atom. The van der Waals surface area contributed by atoms with Crippen molar-refractivity contribution in [3.63, 3.8) is 0 Å². The topological polar surface area (TPSA) is 83.8 Å². The molecule has 6 heteroatoms. The fourth-order valence-electron chi connectivity index (χ4n) is 2.23. The normalized spacial score (nSPS) is 12.9. The quantitative estimate of drug-likeness (QED) is 0.750. The van der Waals surface area contributed by atoms with Gasteiger partial charge in [0.1, 0.15) is 10.6 Å². The molecule has 5 nitrogen and oxygen atoms in total. The van der Waals surface area contributed by atoms with Crippen LogP contribution in [-0.2, 0) is 10.1 Å². The number of aliphatic hydroxyl groups is 2. The van der Waals surface area contributed by atoms with Gasteiger partial charge in [0, 0.05) is 5.41 Å². The minimum atomic E-state index is -3.71. The van der Waals surface area contributed by atoms with Gasteiger partial charge >= 0.3 is 10.1 Å². The molecule has 0 saturated carbocycles. The summed E-state index contributed by atoms with van der Waals surface area (Å²) in [5, 5.41) is 18.3. The molecule has 0 bridgehead atoms. The molecule has 0 amide bonds. The minimum Gasteiger partial charge on any atom is -0.396 e. The Kier molecular flexibility index (Phi) is 8.27. The van der Waals surface area contributed by atoms with E-state index in [0.717, 1.165) is 0 Å². The van der Waals surface area contributed by atoms with Crippen LogP contribution in [0, 0.1) is 11.3 Å². The maximum Gasteiger partial charge on any atom is 0.339 e. The van der Waals surface area contributed by atoms with E-state index in [1.807, 2.05) is 27.7 Å². The molecule has 0 aliphatic rings. The highest BCUT2D eigenvalue weighted by atomic mass is 32.2. The van der Waals surface area contributed by atoms with Crippen molar-refractivity contribution in [1.82, 2.24) is 0 Å². The standard InChI is InChI=1S/C12H10O3S.C8H18O2/c13-16(14,12-9-5-2-6-10-12)15-11-7-3-1-4-8-11;1-6(2)7(10)8(3,4)5-9/h1-10H;6-7,9-10H,5H2,1-4H3. The summed E-state index contributed by atoms with van der Waals surface area (Å²) < 4.78 is 28.5. The Morgan fingerprint density at radius 2 is 1.42 bits per heavy atom. The smallest absolute Gasteiger partial charge is 0.339 e. The molecule has 1 atom stereocenters. The van der Waals surface area contributed by atoms with Crippen LogP contribution in [-0.4, -0.2) is 31.3 Å². The molecule has 1 unspecified atom stereocenters. The van der Waals surface area contributed by atoms with E-state index in [0.29, 0.717) is 5.75 Å². The zero-order valence-corrected chi connectivity index (χ0v) is 16.5. The predicted molar refractivity (Wildman–Crippen MR) is 102 cm³/mol. The maximum absolute atomic E-state index is 11.8. The monoisotopic (exact) mass is 380 g/mol. The molecule has 0 spiro atoms. The Hall–Kier alpha value is -1.89. The second kappa shape index (κ2) is 9.71. The fraction of sp³-hybridized carbons (Fsp3) is 0.400. The highest BCUT2D eigenvalue weighted by Crippen LogP contribution is 2.24. The average molecular weight is 381 g/mol. The number of hydrogen-bond acceptors (Lipinski definition) is 5. The van der Waals surface area contributed by atoms with E-state index >= 15 is 0 Å². The van der Waals surface area contributed by atoms with E-state index in [1.165, 1.54) is 12.1 Å². The van der Waals surface area contributed by atoms with Crippen molar-refractivity contribution in [3.8, 4) is 5.75 Å². The summed E-state index contributed by atoms with van der Waals surface area (Å²) in [6, 6.07) is 16.5. The summed E-state index contributed by atoms with van der Waals surface area (Å²) in [6.07, 6.45) is -0.419. The Balaban J connectivity index is 0.000000294.